The van der Waals surface area contributed by atoms with E-state index in [2.05, 4.69) is 19.2 Å². The number of ether oxygens (including phenoxy) is 2. The predicted molar refractivity (Wildman–Crippen MR) is 86.4 cm³/mol. The molecule has 20 heavy (non-hydrogen) atoms. The Morgan fingerprint density at radius 2 is 1.95 bits per heavy atom. The van der Waals surface area contributed by atoms with E-state index in [9.17, 15) is 4.79 Å². The lowest BCUT2D eigenvalue weighted by atomic mass is 9.95. The van der Waals surface area contributed by atoms with Crippen molar-refractivity contribution in [1.82, 2.24) is 5.32 Å². The summed E-state index contributed by atoms with van der Waals surface area (Å²) in [6.07, 6.45) is 2.90. The topological polar surface area (TPSA) is 47.6 Å². The van der Waals surface area contributed by atoms with Gasteiger partial charge < -0.3 is 9.47 Å². The number of hydrogen-bond acceptors (Lipinski definition) is 5. The molecule has 1 unspecified atom stereocenters. The van der Waals surface area contributed by atoms with Crippen LogP contribution in [0.2, 0.25) is 0 Å². The van der Waals surface area contributed by atoms with E-state index < -0.39 is 5.54 Å². The van der Waals surface area contributed by atoms with Crippen LogP contribution < -0.4 is 5.32 Å². The molecule has 0 saturated heterocycles. The average molecular weight is 305 g/mol. The molecule has 1 N–H and O–H groups in total. The summed E-state index contributed by atoms with van der Waals surface area (Å²) in [7, 11) is 1.73. The number of rotatable bonds is 12. The Bertz CT molecular complexity index is 262. The van der Waals surface area contributed by atoms with Gasteiger partial charge in [-0.15, -0.1) is 0 Å². The molecule has 0 aliphatic heterocycles. The van der Waals surface area contributed by atoms with E-state index in [0.29, 0.717) is 6.61 Å². The first kappa shape index (κ1) is 19.7. The van der Waals surface area contributed by atoms with Gasteiger partial charge in [-0.3, -0.25) is 10.1 Å². The molecule has 1 atom stereocenters. The number of methoxy groups -OCH3 is 1. The highest BCUT2D eigenvalue weighted by molar-refractivity contribution is 7.99. The molecule has 0 aromatic carbocycles. The zero-order valence-corrected chi connectivity index (χ0v) is 14.5. The van der Waals surface area contributed by atoms with Gasteiger partial charge in [-0.1, -0.05) is 0 Å². The summed E-state index contributed by atoms with van der Waals surface area (Å²) in [5, 5.41) is 3.35. The van der Waals surface area contributed by atoms with Crippen molar-refractivity contribution in [3.8, 4) is 0 Å². The van der Waals surface area contributed by atoms with E-state index >= 15 is 0 Å². The molecule has 4 nitrogen and oxygen atoms in total. The molecule has 0 saturated carbocycles. The van der Waals surface area contributed by atoms with Gasteiger partial charge >= 0.3 is 5.97 Å². The maximum atomic E-state index is 12.1. The van der Waals surface area contributed by atoms with Crippen LogP contribution in [0, 0.1) is 0 Å². The van der Waals surface area contributed by atoms with E-state index in [-0.39, 0.29) is 12.0 Å². The van der Waals surface area contributed by atoms with Gasteiger partial charge in [0.1, 0.15) is 5.54 Å². The fraction of sp³-hybridized carbons (Fsp3) is 0.933. The van der Waals surface area contributed by atoms with Crippen molar-refractivity contribution < 1.29 is 14.3 Å². The Kier molecular flexibility index (Phi) is 11.3. The third-order valence-corrected chi connectivity index (χ3v) is 4.09. The lowest BCUT2D eigenvalue weighted by Crippen LogP contribution is -2.53. The molecule has 0 rings (SSSR count). The number of carbonyl (C=O) groups is 1. The van der Waals surface area contributed by atoms with Crippen LogP contribution in [0.1, 0.15) is 47.0 Å². The standard InChI is InChI=1S/C15H31NO3S/c1-6-19-14(17)15(4,16-13(2)3)9-7-11-20-12-8-10-18-5/h13,16H,6-12H2,1-5H3. The number of thioether (sulfide) groups is 1. The molecule has 0 heterocycles. The minimum absolute atomic E-state index is 0.141. The summed E-state index contributed by atoms with van der Waals surface area (Å²) in [5.74, 6) is 2.04. The molecule has 0 bridgehead atoms. The molecule has 120 valence electrons. The van der Waals surface area contributed by atoms with Gasteiger partial charge in [0.05, 0.1) is 6.61 Å². The Labute approximate surface area is 128 Å². The first-order valence-electron chi connectivity index (χ1n) is 7.48. The number of nitrogens with one attached hydrogen (secondary N) is 1. The van der Waals surface area contributed by atoms with Gasteiger partial charge in [0.25, 0.3) is 0 Å². The lowest BCUT2D eigenvalue weighted by molar-refractivity contribution is -0.151. The molecule has 0 spiro atoms. The number of carbonyl (C=O) groups excluding carboxylic acids is 1. The van der Waals surface area contributed by atoms with Crippen LogP contribution in [0.4, 0.5) is 0 Å². The lowest BCUT2D eigenvalue weighted by Gasteiger charge is -2.30. The Morgan fingerprint density at radius 3 is 2.50 bits per heavy atom. The van der Waals surface area contributed by atoms with Crippen molar-refractivity contribution in [2.75, 3.05) is 31.8 Å². The van der Waals surface area contributed by atoms with E-state index in [1.165, 1.54) is 0 Å². The van der Waals surface area contributed by atoms with E-state index in [1.54, 1.807) is 7.11 Å². The summed E-state index contributed by atoms with van der Waals surface area (Å²) in [6.45, 7) is 9.15. The van der Waals surface area contributed by atoms with E-state index in [0.717, 1.165) is 37.4 Å². The highest BCUT2D eigenvalue weighted by Gasteiger charge is 2.34. The molecule has 0 aromatic heterocycles. The van der Waals surface area contributed by atoms with Crippen molar-refractivity contribution in [1.29, 1.82) is 0 Å². The molecule has 0 amide bonds. The van der Waals surface area contributed by atoms with Crippen LogP contribution in [0.5, 0.6) is 0 Å². The molecule has 0 radical (unpaired) electrons. The summed E-state index contributed by atoms with van der Waals surface area (Å²) < 4.78 is 10.2. The second-order valence-electron chi connectivity index (χ2n) is 5.41. The second-order valence-corrected chi connectivity index (χ2v) is 6.64. The Balaban J connectivity index is 4.07. The second kappa shape index (κ2) is 11.4. The fourth-order valence-corrected chi connectivity index (χ4v) is 2.97. The van der Waals surface area contributed by atoms with Gasteiger partial charge in [0, 0.05) is 19.8 Å². The molecular formula is C15H31NO3S. The fourth-order valence-electron chi connectivity index (χ4n) is 2.10. The zero-order valence-electron chi connectivity index (χ0n) is 13.7. The van der Waals surface area contributed by atoms with Crippen LogP contribution in [0.15, 0.2) is 0 Å². The van der Waals surface area contributed by atoms with Gasteiger partial charge in [0.2, 0.25) is 0 Å². The van der Waals surface area contributed by atoms with Crippen LogP contribution in [0.3, 0.4) is 0 Å². The van der Waals surface area contributed by atoms with Crippen molar-refractivity contribution >= 4 is 17.7 Å². The van der Waals surface area contributed by atoms with Gasteiger partial charge in [-0.2, -0.15) is 11.8 Å². The van der Waals surface area contributed by atoms with Crippen LogP contribution in [-0.2, 0) is 14.3 Å². The van der Waals surface area contributed by atoms with Crippen LogP contribution in [0.25, 0.3) is 0 Å². The van der Waals surface area contributed by atoms with Crippen LogP contribution >= 0.6 is 11.8 Å². The summed E-state index contributed by atoms with van der Waals surface area (Å²) in [6, 6.07) is 0.263. The van der Waals surface area contributed by atoms with Crippen molar-refractivity contribution in [2.45, 2.75) is 58.5 Å². The third-order valence-electron chi connectivity index (χ3n) is 2.94. The van der Waals surface area contributed by atoms with Crippen molar-refractivity contribution in [3.05, 3.63) is 0 Å². The van der Waals surface area contributed by atoms with Crippen LogP contribution in [-0.4, -0.2) is 49.4 Å². The Hall–Kier alpha value is -0.260. The summed E-state index contributed by atoms with van der Waals surface area (Å²) in [4.78, 5) is 12.1. The molecule has 0 aromatic rings. The molecule has 0 fully saturated rings. The van der Waals surface area contributed by atoms with Gasteiger partial charge in [0.15, 0.2) is 0 Å². The molecule has 0 aliphatic carbocycles. The first-order valence-corrected chi connectivity index (χ1v) is 8.63. The minimum atomic E-state index is -0.572. The smallest absolute Gasteiger partial charge is 0.326 e. The normalized spacial score (nSPS) is 14.3. The molecule has 5 heteroatoms. The van der Waals surface area contributed by atoms with Crippen molar-refractivity contribution in [2.24, 2.45) is 0 Å². The first-order chi connectivity index (χ1) is 9.46. The number of hydrogen-bond donors (Lipinski definition) is 1. The maximum Gasteiger partial charge on any atom is 0.326 e. The SMILES string of the molecule is CCOC(=O)C(C)(CCCSCCCOC)NC(C)C. The van der Waals surface area contributed by atoms with E-state index in [1.807, 2.05) is 25.6 Å². The molecule has 0 aliphatic rings. The monoisotopic (exact) mass is 305 g/mol. The third kappa shape index (κ3) is 8.82. The predicted octanol–water partition coefficient (Wildman–Crippen LogP) is 2.86. The number of esters is 1. The van der Waals surface area contributed by atoms with Crippen molar-refractivity contribution in [3.63, 3.8) is 0 Å². The minimum Gasteiger partial charge on any atom is -0.465 e. The largest absolute Gasteiger partial charge is 0.465 e. The zero-order chi connectivity index (χ0) is 15.4. The Morgan fingerprint density at radius 1 is 1.30 bits per heavy atom. The maximum absolute atomic E-state index is 12.1. The highest BCUT2D eigenvalue weighted by atomic mass is 32.2. The quantitative estimate of drug-likeness (QED) is 0.444. The van der Waals surface area contributed by atoms with E-state index in [4.69, 9.17) is 9.47 Å². The summed E-state index contributed by atoms with van der Waals surface area (Å²) >= 11 is 1.92. The highest BCUT2D eigenvalue weighted by Crippen LogP contribution is 2.18. The summed E-state index contributed by atoms with van der Waals surface area (Å²) in [5.41, 5.74) is -0.572. The average Bonchev–Trinajstić information content (AvgIpc) is 2.37. The van der Waals surface area contributed by atoms with Gasteiger partial charge in [-0.25, -0.2) is 0 Å². The molecular weight excluding hydrogens is 274 g/mol. The van der Waals surface area contributed by atoms with Gasteiger partial charge in [-0.05, 0) is 58.5 Å².